The molecule has 19 heavy (non-hydrogen) atoms. The van der Waals surface area contributed by atoms with Gasteiger partial charge in [-0.3, -0.25) is 9.69 Å². The van der Waals surface area contributed by atoms with Crippen molar-refractivity contribution in [1.29, 1.82) is 0 Å². The fourth-order valence-corrected chi connectivity index (χ4v) is 2.02. The van der Waals surface area contributed by atoms with E-state index in [1.807, 2.05) is 12.1 Å². The number of phenolic OH excluding ortho intramolecular Hbond substituents is 1. The minimum Gasteiger partial charge on any atom is -0.508 e. The zero-order chi connectivity index (χ0) is 13.7. The monoisotopic (exact) mass is 260 g/mol. The van der Waals surface area contributed by atoms with E-state index >= 15 is 0 Å². The molecule has 102 valence electrons. The standard InChI is InChI=1S/C15H20N2O2/c1-2-9-16-15(19)11-17(13-5-6-13)10-12-3-7-14(18)8-4-12/h2-4,7-8,13,18H,1,5-6,9-11H2,(H,16,19). The van der Waals surface area contributed by atoms with Crippen LogP contribution in [0.2, 0.25) is 0 Å². The van der Waals surface area contributed by atoms with Crippen LogP contribution in [0.1, 0.15) is 18.4 Å². The predicted molar refractivity (Wildman–Crippen MR) is 74.7 cm³/mol. The SMILES string of the molecule is C=CCNC(=O)CN(Cc1ccc(O)cc1)C1CC1. The number of hydrogen-bond donors (Lipinski definition) is 2. The topological polar surface area (TPSA) is 52.6 Å². The van der Waals surface area contributed by atoms with E-state index in [0.29, 0.717) is 19.1 Å². The van der Waals surface area contributed by atoms with Crippen molar-refractivity contribution in [3.8, 4) is 5.75 Å². The number of rotatable bonds is 7. The average Bonchev–Trinajstić information content (AvgIpc) is 3.22. The van der Waals surface area contributed by atoms with E-state index in [9.17, 15) is 9.90 Å². The van der Waals surface area contributed by atoms with Crippen LogP contribution in [0.25, 0.3) is 0 Å². The Morgan fingerprint density at radius 1 is 1.42 bits per heavy atom. The molecule has 0 spiro atoms. The molecule has 0 atom stereocenters. The molecule has 1 aliphatic carbocycles. The number of aromatic hydroxyl groups is 1. The number of nitrogens with zero attached hydrogens (tertiary/aromatic N) is 1. The number of amides is 1. The van der Waals surface area contributed by atoms with Crippen LogP contribution in [0.5, 0.6) is 5.75 Å². The number of nitrogens with one attached hydrogen (secondary N) is 1. The molecule has 4 nitrogen and oxygen atoms in total. The van der Waals surface area contributed by atoms with E-state index in [1.54, 1.807) is 18.2 Å². The zero-order valence-electron chi connectivity index (χ0n) is 11.0. The van der Waals surface area contributed by atoms with Crippen LogP contribution in [-0.2, 0) is 11.3 Å². The Bertz CT molecular complexity index is 438. The van der Waals surface area contributed by atoms with Crippen molar-refractivity contribution in [2.45, 2.75) is 25.4 Å². The summed E-state index contributed by atoms with van der Waals surface area (Å²) in [5, 5.41) is 12.1. The lowest BCUT2D eigenvalue weighted by Crippen LogP contribution is -2.38. The molecule has 1 aromatic carbocycles. The van der Waals surface area contributed by atoms with Gasteiger partial charge in [0.2, 0.25) is 5.91 Å². The Kier molecular flexibility index (Phi) is 4.58. The van der Waals surface area contributed by atoms with Gasteiger partial charge >= 0.3 is 0 Å². The Labute approximate surface area is 113 Å². The Balaban J connectivity index is 1.90. The Hall–Kier alpha value is -1.81. The van der Waals surface area contributed by atoms with Crippen molar-refractivity contribution >= 4 is 5.91 Å². The van der Waals surface area contributed by atoms with Crippen LogP contribution in [0.15, 0.2) is 36.9 Å². The molecule has 0 aromatic heterocycles. The predicted octanol–water partition coefficient (Wildman–Crippen LogP) is 1.66. The molecular weight excluding hydrogens is 240 g/mol. The van der Waals surface area contributed by atoms with Crippen LogP contribution >= 0.6 is 0 Å². The van der Waals surface area contributed by atoms with Crippen molar-refractivity contribution in [1.82, 2.24) is 10.2 Å². The second-order valence-corrected chi connectivity index (χ2v) is 4.90. The lowest BCUT2D eigenvalue weighted by Gasteiger charge is -2.21. The molecule has 0 aliphatic heterocycles. The highest BCUT2D eigenvalue weighted by Crippen LogP contribution is 2.28. The van der Waals surface area contributed by atoms with Gasteiger partial charge in [-0.25, -0.2) is 0 Å². The lowest BCUT2D eigenvalue weighted by molar-refractivity contribution is -0.122. The van der Waals surface area contributed by atoms with Crippen LogP contribution in [0, 0.1) is 0 Å². The summed E-state index contributed by atoms with van der Waals surface area (Å²) in [5.74, 6) is 0.302. The van der Waals surface area contributed by atoms with Crippen molar-refractivity contribution in [3.05, 3.63) is 42.5 Å². The molecule has 1 amide bonds. The minimum absolute atomic E-state index is 0.0329. The first-order valence-corrected chi connectivity index (χ1v) is 6.58. The molecule has 2 N–H and O–H groups in total. The third-order valence-corrected chi connectivity index (χ3v) is 3.18. The summed E-state index contributed by atoms with van der Waals surface area (Å²) < 4.78 is 0. The maximum absolute atomic E-state index is 11.7. The normalized spacial score (nSPS) is 14.4. The van der Waals surface area contributed by atoms with Gasteiger partial charge in [-0.15, -0.1) is 6.58 Å². The molecule has 1 saturated carbocycles. The van der Waals surface area contributed by atoms with Gasteiger partial charge in [0.15, 0.2) is 0 Å². The molecule has 0 bridgehead atoms. The minimum atomic E-state index is 0.0329. The van der Waals surface area contributed by atoms with Gasteiger partial charge in [0.25, 0.3) is 0 Å². The van der Waals surface area contributed by atoms with Gasteiger partial charge in [-0.1, -0.05) is 18.2 Å². The smallest absolute Gasteiger partial charge is 0.234 e. The van der Waals surface area contributed by atoms with E-state index < -0.39 is 0 Å². The first-order valence-electron chi connectivity index (χ1n) is 6.58. The van der Waals surface area contributed by atoms with Crippen LogP contribution < -0.4 is 5.32 Å². The highest BCUT2D eigenvalue weighted by Gasteiger charge is 2.30. The summed E-state index contributed by atoms with van der Waals surface area (Å²) in [6.45, 7) is 5.25. The molecule has 1 aromatic rings. The first kappa shape index (κ1) is 13.6. The fourth-order valence-electron chi connectivity index (χ4n) is 2.02. The fraction of sp³-hybridized carbons (Fsp3) is 0.400. The molecule has 2 rings (SSSR count). The van der Waals surface area contributed by atoms with E-state index in [0.717, 1.165) is 24.9 Å². The molecule has 0 saturated heterocycles. The second-order valence-electron chi connectivity index (χ2n) is 4.90. The van der Waals surface area contributed by atoms with Gasteiger partial charge in [0.05, 0.1) is 6.54 Å². The molecule has 1 aliphatic rings. The average molecular weight is 260 g/mol. The van der Waals surface area contributed by atoms with E-state index in [4.69, 9.17) is 0 Å². The van der Waals surface area contributed by atoms with Gasteiger partial charge in [0.1, 0.15) is 5.75 Å². The number of carbonyl (C=O) groups is 1. The summed E-state index contributed by atoms with van der Waals surface area (Å²) in [5.41, 5.74) is 1.11. The van der Waals surface area contributed by atoms with Gasteiger partial charge in [-0.2, -0.15) is 0 Å². The molecule has 1 fully saturated rings. The van der Waals surface area contributed by atoms with E-state index in [-0.39, 0.29) is 11.7 Å². The van der Waals surface area contributed by atoms with Gasteiger partial charge in [-0.05, 0) is 30.5 Å². The van der Waals surface area contributed by atoms with Crippen LogP contribution in [0.4, 0.5) is 0 Å². The van der Waals surface area contributed by atoms with Gasteiger partial charge in [0, 0.05) is 19.1 Å². The maximum Gasteiger partial charge on any atom is 0.234 e. The quantitative estimate of drug-likeness (QED) is 0.733. The van der Waals surface area contributed by atoms with Crippen LogP contribution in [-0.4, -0.2) is 35.0 Å². The summed E-state index contributed by atoms with van der Waals surface area (Å²) in [6.07, 6.45) is 4.00. The number of hydrogen-bond acceptors (Lipinski definition) is 3. The van der Waals surface area contributed by atoms with Crippen LogP contribution in [0.3, 0.4) is 0 Å². The van der Waals surface area contributed by atoms with Crippen molar-refractivity contribution < 1.29 is 9.90 Å². The highest BCUT2D eigenvalue weighted by molar-refractivity contribution is 5.78. The molecule has 0 unspecified atom stereocenters. The maximum atomic E-state index is 11.7. The van der Waals surface area contributed by atoms with Crippen molar-refractivity contribution in [3.63, 3.8) is 0 Å². The summed E-state index contributed by atoms with van der Waals surface area (Å²) in [4.78, 5) is 13.9. The zero-order valence-corrected chi connectivity index (χ0v) is 11.0. The van der Waals surface area contributed by atoms with Crippen molar-refractivity contribution in [2.24, 2.45) is 0 Å². The third-order valence-electron chi connectivity index (χ3n) is 3.18. The number of carbonyl (C=O) groups excluding carboxylic acids is 1. The second kappa shape index (κ2) is 6.38. The lowest BCUT2D eigenvalue weighted by atomic mass is 10.2. The van der Waals surface area contributed by atoms with E-state index in [1.165, 1.54) is 0 Å². The third kappa shape index (κ3) is 4.41. The first-order chi connectivity index (χ1) is 9.19. The van der Waals surface area contributed by atoms with E-state index in [2.05, 4.69) is 16.8 Å². The number of benzene rings is 1. The Morgan fingerprint density at radius 2 is 2.11 bits per heavy atom. The molecule has 0 radical (unpaired) electrons. The van der Waals surface area contributed by atoms with Crippen molar-refractivity contribution in [2.75, 3.05) is 13.1 Å². The molecular formula is C15H20N2O2. The van der Waals surface area contributed by atoms with Gasteiger partial charge < -0.3 is 10.4 Å². The molecule has 0 heterocycles. The number of phenols is 1. The Morgan fingerprint density at radius 3 is 2.68 bits per heavy atom. The summed E-state index contributed by atoms with van der Waals surface area (Å²) in [6, 6.07) is 7.66. The molecule has 4 heteroatoms. The highest BCUT2D eigenvalue weighted by atomic mass is 16.3. The summed E-state index contributed by atoms with van der Waals surface area (Å²) in [7, 11) is 0. The largest absolute Gasteiger partial charge is 0.508 e. The summed E-state index contributed by atoms with van der Waals surface area (Å²) >= 11 is 0.